The number of benzene rings is 2. The van der Waals surface area contributed by atoms with E-state index in [9.17, 15) is 9.59 Å². The number of ether oxygens (including phenoxy) is 1. The first-order valence-corrected chi connectivity index (χ1v) is 10.7. The van der Waals surface area contributed by atoms with Gasteiger partial charge in [0.15, 0.2) is 0 Å². The van der Waals surface area contributed by atoms with Gasteiger partial charge < -0.3 is 15.0 Å². The number of carbonyl (C=O) groups excluding carboxylic acids is 2. The fourth-order valence-corrected chi connectivity index (χ4v) is 3.21. The van der Waals surface area contributed by atoms with E-state index in [1.807, 2.05) is 32.0 Å². The molecule has 2 amide bonds. The van der Waals surface area contributed by atoms with E-state index in [2.05, 4.69) is 5.32 Å². The number of halogens is 2. The van der Waals surface area contributed by atoms with Gasteiger partial charge in [-0.3, -0.25) is 9.59 Å². The van der Waals surface area contributed by atoms with Crippen molar-refractivity contribution in [1.29, 1.82) is 0 Å². The van der Waals surface area contributed by atoms with Crippen molar-refractivity contribution in [2.24, 2.45) is 0 Å². The van der Waals surface area contributed by atoms with Crippen molar-refractivity contribution < 1.29 is 14.3 Å². The lowest BCUT2D eigenvalue weighted by molar-refractivity contribution is -0.141. The first-order chi connectivity index (χ1) is 14.3. The zero-order chi connectivity index (χ0) is 22.1. The van der Waals surface area contributed by atoms with Crippen LogP contribution in [0, 0.1) is 0 Å². The maximum atomic E-state index is 13.0. The van der Waals surface area contributed by atoms with E-state index in [4.69, 9.17) is 27.9 Å². The van der Waals surface area contributed by atoms with Gasteiger partial charge in [-0.15, -0.1) is 0 Å². The molecule has 0 fully saturated rings. The Kier molecular flexibility index (Phi) is 9.47. The quantitative estimate of drug-likeness (QED) is 0.512. The van der Waals surface area contributed by atoms with Crippen molar-refractivity contribution in [1.82, 2.24) is 10.2 Å². The number of amides is 2. The van der Waals surface area contributed by atoms with Crippen molar-refractivity contribution >= 4 is 35.0 Å². The summed E-state index contributed by atoms with van der Waals surface area (Å²) in [6.45, 7) is 6.16. The highest BCUT2D eigenvalue weighted by atomic mass is 35.5. The van der Waals surface area contributed by atoms with E-state index in [1.165, 1.54) is 0 Å². The summed E-state index contributed by atoms with van der Waals surface area (Å²) < 4.78 is 5.66. The lowest BCUT2D eigenvalue weighted by atomic mass is 10.1. The maximum absolute atomic E-state index is 13.0. The van der Waals surface area contributed by atoms with Gasteiger partial charge in [0, 0.05) is 29.1 Å². The number of nitrogens with one attached hydrogen (secondary N) is 1. The van der Waals surface area contributed by atoms with Crippen LogP contribution in [-0.2, 0) is 16.1 Å². The SMILES string of the molecule is CC(C)NC(=O)[C@H](C)N(Cc1ccccc1Cl)C(=O)CCCOc1ccc(Cl)cc1. The zero-order valence-corrected chi connectivity index (χ0v) is 19.0. The van der Waals surface area contributed by atoms with Gasteiger partial charge in [-0.1, -0.05) is 41.4 Å². The predicted molar refractivity (Wildman–Crippen MR) is 121 cm³/mol. The van der Waals surface area contributed by atoms with Gasteiger partial charge in [0.25, 0.3) is 0 Å². The Morgan fingerprint density at radius 3 is 2.33 bits per heavy atom. The van der Waals surface area contributed by atoms with E-state index in [1.54, 1.807) is 42.2 Å². The summed E-state index contributed by atoms with van der Waals surface area (Å²) in [6, 6.07) is 13.8. The largest absolute Gasteiger partial charge is 0.494 e. The Morgan fingerprint density at radius 2 is 1.70 bits per heavy atom. The number of nitrogens with zero attached hydrogens (tertiary/aromatic N) is 1. The molecule has 162 valence electrons. The second kappa shape index (κ2) is 11.8. The minimum Gasteiger partial charge on any atom is -0.494 e. The van der Waals surface area contributed by atoms with Crippen LogP contribution in [0.1, 0.15) is 39.2 Å². The van der Waals surface area contributed by atoms with E-state index in [0.29, 0.717) is 28.8 Å². The van der Waals surface area contributed by atoms with Gasteiger partial charge >= 0.3 is 0 Å². The van der Waals surface area contributed by atoms with Crippen LogP contribution in [0.3, 0.4) is 0 Å². The van der Waals surface area contributed by atoms with Crippen LogP contribution in [0.5, 0.6) is 5.75 Å². The van der Waals surface area contributed by atoms with Crippen LogP contribution < -0.4 is 10.1 Å². The third-order valence-electron chi connectivity index (χ3n) is 4.51. The van der Waals surface area contributed by atoms with Crippen LogP contribution >= 0.6 is 23.2 Å². The molecule has 30 heavy (non-hydrogen) atoms. The second-order valence-electron chi connectivity index (χ2n) is 7.36. The smallest absolute Gasteiger partial charge is 0.242 e. The fourth-order valence-electron chi connectivity index (χ4n) is 2.89. The highest BCUT2D eigenvalue weighted by molar-refractivity contribution is 6.31. The Morgan fingerprint density at radius 1 is 1.03 bits per heavy atom. The minimum absolute atomic E-state index is 0.00927. The standard InChI is InChI=1S/C23H28Cl2N2O3/c1-16(2)26-23(29)17(3)27(15-18-7-4-5-8-21(18)25)22(28)9-6-14-30-20-12-10-19(24)11-13-20/h4-5,7-8,10-13,16-17H,6,9,14-15H2,1-3H3,(H,26,29)/t17-/m0/s1. The molecule has 2 aromatic rings. The molecule has 5 nitrogen and oxygen atoms in total. The van der Waals surface area contributed by atoms with Crippen LogP contribution in [0.15, 0.2) is 48.5 Å². The molecular formula is C23H28Cl2N2O3. The molecule has 0 unspecified atom stereocenters. The number of hydrogen-bond acceptors (Lipinski definition) is 3. The topological polar surface area (TPSA) is 58.6 Å². The summed E-state index contributed by atoms with van der Waals surface area (Å²) in [4.78, 5) is 27.1. The third kappa shape index (κ3) is 7.54. The Balaban J connectivity index is 2.00. The molecular weight excluding hydrogens is 423 g/mol. The van der Waals surface area contributed by atoms with Crippen LogP contribution in [0.2, 0.25) is 10.0 Å². The molecule has 0 aliphatic heterocycles. The molecule has 0 aromatic heterocycles. The molecule has 0 radical (unpaired) electrons. The van der Waals surface area contributed by atoms with Gasteiger partial charge in [0.1, 0.15) is 11.8 Å². The zero-order valence-electron chi connectivity index (χ0n) is 17.5. The van der Waals surface area contributed by atoms with Crippen molar-refractivity contribution in [2.45, 2.75) is 52.2 Å². The Bertz CT molecular complexity index is 841. The van der Waals surface area contributed by atoms with Gasteiger partial charge in [-0.25, -0.2) is 0 Å². The van der Waals surface area contributed by atoms with Crippen molar-refractivity contribution in [2.75, 3.05) is 6.61 Å². The summed E-state index contributed by atoms with van der Waals surface area (Å²) in [6.07, 6.45) is 0.788. The molecule has 0 bridgehead atoms. The molecule has 0 spiro atoms. The molecule has 0 aliphatic carbocycles. The average molecular weight is 451 g/mol. The van der Waals surface area contributed by atoms with Crippen LogP contribution in [-0.4, -0.2) is 35.4 Å². The lowest BCUT2D eigenvalue weighted by Crippen LogP contribution is -2.49. The normalized spacial score (nSPS) is 11.8. The Hall–Kier alpha value is -2.24. The number of hydrogen-bond donors (Lipinski definition) is 1. The summed E-state index contributed by atoms with van der Waals surface area (Å²) >= 11 is 12.1. The average Bonchev–Trinajstić information content (AvgIpc) is 2.70. The van der Waals surface area contributed by atoms with Gasteiger partial charge in [-0.2, -0.15) is 0 Å². The van der Waals surface area contributed by atoms with E-state index in [0.717, 1.165) is 5.56 Å². The summed E-state index contributed by atoms with van der Waals surface area (Å²) in [5.41, 5.74) is 0.800. The molecule has 0 saturated heterocycles. The summed E-state index contributed by atoms with van der Waals surface area (Å²) in [7, 11) is 0. The Labute approximate surface area is 188 Å². The van der Waals surface area contributed by atoms with E-state index in [-0.39, 0.29) is 30.8 Å². The van der Waals surface area contributed by atoms with Crippen molar-refractivity contribution in [3.63, 3.8) is 0 Å². The van der Waals surface area contributed by atoms with Crippen LogP contribution in [0.4, 0.5) is 0 Å². The number of carbonyl (C=O) groups is 2. The highest BCUT2D eigenvalue weighted by Gasteiger charge is 2.26. The molecule has 2 aromatic carbocycles. The fraction of sp³-hybridized carbons (Fsp3) is 0.391. The van der Waals surface area contributed by atoms with Gasteiger partial charge in [0.05, 0.1) is 6.61 Å². The predicted octanol–water partition coefficient (Wildman–Crippen LogP) is 5.09. The molecule has 2 rings (SSSR count). The third-order valence-corrected chi connectivity index (χ3v) is 5.13. The second-order valence-corrected chi connectivity index (χ2v) is 8.20. The van der Waals surface area contributed by atoms with Gasteiger partial charge in [-0.05, 0) is 63.1 Å². The van der Waals surface area contributed by atoms with E-state index < -0.39 is 6.04 Å². The first kappa shape index (κ1) is 24.0. The lowest BCUT2D eigenvalue weighted by Gasteiger charge is -2.29. The maximum Gasteiger partial charge on any atom is 0.242 e. The monoisotopic (exact) mass is 450 g/mol. The number of rotatable bonds is 10. The van der Waals surface area contributed by atoms with Crippen LogP contribution in [0.25, 0.3) is 0 Å². The summed E-state index contributed by atoms with van der Waals surface area (Å²) in [5, 5.41) is 4.08. The van der Waals surface area contributed by atoms with Crippen molar-refractivity contribution in [3.05, 3.63) is 64.1 Å². The van der Waals surface area contributed by atoms with Gasteiger partial charge in [0.2, 0.25) is 11.8 Å². The molecule has 0 heterocycles. The molecule has 1 atom stereocenters. The molecule has 7 heteroatoms. The molecule has 0 saturated carbocycles. The summed E-state index contributed by atoms with van der Waals surface area (Å²) in [5.74, 6) is 0.383. The highest BCUT2D eigenvalue weighted by Crippen LogP contribution is 2.20. The first-order valence-electron chi connectivity index (χ1n) is 9.99. The molecule has 0 aliphatic rings. The molecule has 1 N–H and O–H groups in total. The van der Waals surface area contributed by atoms with Crippen molar-refractivity contribution in [3.8, 4) is 5.75 Å². The minimum atomic E-state index is -0.617. The van der Waals surface area contributed by atoms with E-state index >= 15 is 0 Å².